The van der Waals surface area contributed by atoms with E-state index < -0.39 is 5.97 Å². The molecule has 1 N–H and O–H groups in total. The molecule has 14 heavy (non-hydrogen) atoms. The summed E-state index contributed by atoms with van der Waals surface area (Å²) in [5.41, 5.74) is 1.09. The first-order valence-corrected chi connectivity index (χ1v) is 3.92. The van der Waals surface area contributed by atoms with Crippen molar-refractivity contribution in [2.75, 3.05) is 0 Å². The third-order valence-electron chi connectivity index (χ3n) is 2.24. The zero-order valence-corrected chi connectivity index (χ0v) is 8.92. The maximum atomic E-state index is 10.5. The molecule has 1 aliphatic rings. The van der Waals surface area contributed by atoms with Crippen molar-refractivity contribution in [1.29, 1.82) is 0 Å². The van der Waals surface area contributed by atoms with Crippen LogP contribution >= 0.6 is 24.8 Å². The van der Waals surface area contributed by atoms with Crippen molar-refractivity contribution in [1.82, 2.24) is 4.98 Å². The molecule has 0 bridgehead atoms. The van der Waals surface area contributed by atoms with Gasteiger partial charge in [0.1, 0.15) is 0 Å². The van der Waals surface area contributed by atoms with Crippen LogP contribution in [0.15, 0.2) is 24.5 Å². The molecular weight excluding hydrogens is 225 g/mol. The summed E-state index contributed by atoms with van der Waals surface area (Å²) in [7, 11) is 0. The van der Waals surface area contributed by atoms with Crippen LogP contribution in [0, 0.1) is 5.92 Å². The van der Waals surface area contributed by atoms with Gasteiger partial charge < -0.3 is 5.11 Å². The predicted octanol–water partition coefficient (Wildman–Crippen LogP) is 2.11. The van der Waals surface area contributed by atoms with E-state index in [2.05, 4.69) is 4.98 Å². The van der Waals surface area contributed by atoms with Crippen LogP contribution in [0.5, 0.6) is 0 Å². The van der Waals surface area contributed by atoms with Gasteiger partial charge in [0.05, 0.1) is 5.92 Å². The summed E-state index contributed by atoms with van der Waals surface area (Å²) >= 11 is 0. The first-order valence-electron chi connectivity index (χ1n) is 3.92. The van der Waals surface area contributed by atoms with Gasteiger partial charge >= 0.3 is 5.97 Å². The SMILES string of the molecule is Cl.Cl.O=C(O)C1CC1c1ccncc1. The molecule has 3 nitrogen and oxygen atoms in total. The van der Waals surface area contributed by atoms with Gasteiger partial charge in [-0.1, -0.05) is 0 Å². The Morgan fingerprint density at radius 3 is 2.36 bits per heavy atom. The molecule has 5 heteroatoms. The molecule has 0 amide bonds. The molecule has 1 aliphatic carbocycles. The minimum absolute atomic E-state index is 0. The highest BCUT2D eigenvalue weighted by Crippen LogP contribution is 2.47. The number of carboxylic acids is 1. The van der Waals surface area contributed by atoms with Gasteiger partial charge in [-0.3, -0.25) is 9.78 Å². The molecule has 2 rings (SSSR count). The molecule has 78 valence electrons. The largest absolute Gasteiger partial charge is 0.481 e. The van der Waals surface area contributed by atoms with Gasteiger partial charge in [-0.15, -0.1) is 24.8 Å². The zero-order chi connectivity index (χ0) is 8.55. The lowest BCUT2D eigenvalue weighted by Gasteiger charge is -1.95. The van der Waals surface area contributed by atoms with Gasteiger partial charge in [-0.05, 0) is 30.0 Å². The van der Waals surface area contributed by atoms with E-state index in [9.17, 15) is 4.79 Å². The molecule has 0 radical (unpaired) electrons. The van der Waals surface area contributed by atoms with Crippen LogP contribution in [0.4, 0.5) is 0 Å². The van der Waals surface area contributed by atoms with Crippen LogP contribution < -0.4 is 0 Å². The highest BCUT2D eigenvalue weighted by Gasteiger charge is 2.43. The maximum absolute atomic E-state index is 10.5. The standard InChI is InChI=1S/C9H9NO2.2ClH/c11-9(12)8-5-7(8)6-1-3-10-4-2-6;;/h1-4,7-8H,5H2,(H,11,12);2*1H. The van der Waals surface area contributed by atoms with E-state index in [0.717, 1.165) is 12.0 Å². The number of nitrogens with zero attached hydrogens (tertiary/aromatic N) is 1. The molecule has 2 unspecified atom stereocenters. The Morgan fingerprint density at radius 2 is 1.93 bits per heavy atom. The van der Waals surface area contributed by atoms with E-state index in [1.165, 1.54) is 0 Å². The Labute approximate surface area is 94.4 Å². The van der Waals surface area contributed by atoms with Crippen molar-refractivity contribution in [3.05, 3.63) is 30.1 Å². The van der Waals surface area contributed by atoms with E-state index in [4.69, 9.17) is 5.11 Å². The van der Waals surface area contributed by atoms with Gasteiger partial charge in [0.15, 0.2) is 0 Å². The molecule has 1 aromatic heterocycles. The van der Waals surface area contributed by atoms with Gasteiger partial charge in [0.2, 0.25) is 0 Å². The lowest BCUT2D eigenvalue weighted by atomic mass is 10.1. The van der Waals surface area contributed by atoms with Crippen LogP contribution in [0.25, 0.3) is 0 Å². The summed E-state index contributed by atoms with van der Waals surface area (Å²) < 4.78 is 0. The van der Waals surface area contributed by atoms with Crippen molar-refractivity contribution in [2.24, 2.45) is 5.92 Å². The average molecular weight is 236 g/mol. The third kappa shape index (κ3) is 2.59. The number of carboxylic acid groups (broad SMARTS) is 1. The summed E-state index contributed by atoms with van der Waals surface area (Å²) in [6.07, 6.45) is 4.18. The summed E-state index contributed by atoms with van der Waals surface area (Å²) in [6, 6.07) is 3.77. The van der Waals surface area contributed by atoms with E-state index in [0.29, 0.717) is 0 Å². The van der Waals surface area contributed by atoms with Crippen molar-refractivity contribution < 1.29 is 9.90 Å². The summed E-state index contributed by atoms with van der Waals surface area (Å²) in [5.74, 6) is -0.616. The summed E-state index contributed by atoms with van der Waals surface area (Å²) in [5, 5.41) is 8.67. The van der Waals surface area contributed by atoms with Crippen molar-refractivity contribution in [3.8, 4) is 0 Å². The second kappa shape index (κ2) is 5.17. The van der Waals surface area contributed by atoms with Crippen molar-refractivity contribution >= 4 is 30.8 Å². The van der Waals surface area contributed by atoms with Crippen LogP contribution in [-0.4, -0.2) is 16.1 Å². The highest BCUT2D eigenvalue weighted by molar-refractivity contribution is 5.85. The molecular formula is C9H11Cl2NO2. The number of aromatic nitrogens is 1. The maximum Gasteiger partial charge on any atom is 0.307 e. The Kier molecular flexibility index (Phi) is 4.88. The number of hydrogen-bond donors (Lipinski definition) is 1. The molecule has 2 atom stereocenters. The number of pyridine rings is 1. The van der Waals surface area contributed by atoms with E-state index in [-0.39, 0.29) is 36.6 Å². The Bertz CT molecular complexity index is 305. The first kappa shape index (κ1) is 13.2. The number of hydrogen-bond acceptors (Lipinski definition) is 2. The fourth-order valence-corrected chi connectivity index (χ4v) is 1.45. The number of carbonyl (C=O) groups is 1. The summed E-state index contributed by atoms with van der Waals surface area (Å²) in [4.78, 5) is 14.4. The zero-order valence-electron chi connectivity index (χ0n) is 7.29. The fraction of sp³-hybridized carbons (Fsp3) is 0.333. The van der Waals surface area contributed by atoms with Crippen molar-refractivity contribution in [3.63, 3.8) is 0 Å². The minimum atomic E-state index is -0.684. The normalized spacial score (nSPS) is 22.9. The lowest BCUT2D eigenvalue weighted by molar-refractivity contribution is -0.138. The molecule has 1 saturated carbocycles. The molecule has 0 saturated heterocycles. The predicted molar refractivity (Wildman–Crippen MR) is 57.2 cm³/mol. The van der Waals surface area contributed by atoms with E-state index in [1.54, 1.807) is 12.4 Å². The van der Waals surface area contributed by atoms with Gasteiger partial charge in [0.25, 0.3) is 0 Å². The molecule has 0 aliphatic heterocycles. The molecule has 1 aromatic rings. The Morgan fingerprint density at radius 1 is 1.36 bits per heavy atom. The topological polar surface area (TPSA) is 50.2 Å². The lowest BCUT2D eigenvalue weighted by Crippen LogP contribution is -1.98. The second-order valence-corrected chi connectivity index (χ2v) is 3.07. The Hall–Kier alpha value is -0.800. The molecule has 0 aromatic carbocycles. The quantitative estimate of drug-likeness (QED) is 0.855. The van der Waals surface area contributed by atoms with Crippen LogP contribution in [0.3, 0.4) is 0 Å². The van der Waals surface area contributed by atoms with Gasteiger partial charge in [0, 0.05) is 12.4 Å². The van der Waals surface area contributed by atoms with Crippen LogP contribution in [0.2, 0.25) is 0 Å². The van der Waals surface area contributed by atoms with Crippen LogP contribution in [0.1, 0.15) is 17.9 Å². The third-order valence-corrected chi connectivity index (χ3v) is 2.24. The fourth-order valence-electron chi connectivity index (χ4n) is 1.45. The van der Waals surface area contributed by atoms with Gasteiger partial charge in [-0.2, -0.15) is 0 Å². The minimum Gasteiger partial charge on any atom is -0.481 e. The Balaban J connectivity index is 0.000000845. The van der Waals surface area contributed by atoms with Gasteiger partial charge in [-0.25, -0.2) is 0 Å². The highest BCUT2D eigenvalue weighted by atomic mass is 35.5. The smallest absolute Gasteiger partial charge is 0.307 e. The van der Waals surface area contributed by atoms with Crippen LogP contribution in [-0.2, 0) is 4.79 Å². The monoisotopic (exact) mass is 235 g/mol. The van der Waals surface area contributed by atoms with Crippen molar-refractivity contribution in [2.45, 2.75) is 12.3 Å². The average Bonchev–Trinajstić information content (AvgIpc) is 2.84. The first-order chi connectivity index (χ1) is 5.79. The van der Waals surface area contributed by atoms with E-state index >= 15 is 0 Å². The molecule has 1 fully saturated rings. The summed E-state index contributed by atoms with van der Waals surface area (Å²) in [6.45, 7) is 0. The van der Waals surface area contributed by atoms with E-state index in [1.807, 2.05) is 12.1 Å². The molecule has 0 spiro atoms. The number of halogens is 2. The second-order valence-electron chi connectivity index (χ2n) is 3.07. The number of aliphatic carboxylic acids is 1. The number of rotatable bonds is 2. The molecule has 1 heterocycles.